The Morgan fingerprint density at radius 1 is 1.17 bits per heavy atom. The average molecular weight is 325 g/mol. The first-order valence-corrected chi connectivity index (χ1v) is 8.86. The van der Waals surface area contributed by atoms with E-state index in [2.05, 4.69) is 38.1 Å². The molecule has 4 rings (SSSR count). The summed E-state index contributed by atoms with van der Waals surface area (Å²) in [6.45, 7) is 2.67. The highest BCUT2D eigenvalue weighted by Crippen LogP contribution is 2.22. The fraction of sp³-hybridized carbons (Fsp3) is 0.500. The van der Waals surface area contributed by atoms with Gasteiger partial charge in [0.25, 0.3) is 0 Å². The number of benzene rings is 1. The van der Waals surface area contributed by atoms with Crippen molar-refractivity contribution in [1.82, 2.24) is 19.7 Å². The molecule has 24 heavy (non-hydrogen) atoms. The van der Waals surface area contributed by atoms with E-state index in [4.69, 9.17) is 4.42 Å². The van der Waals surface area contributed by atoms with E-state index >= 15 is 0 Å². The van der Waals surface area contributed by atoms with Crippen molar-refractivity contribution < 1.29 is 4.42 Å². The third-order valence-electron chi connectivity index (χ3n) is 4.74. The van der Waals surface area contributed by atoms with Crippen LogP contribution >= 0.6 is 0 Å². The van der Waals surface area contributed by atoms with Crippen LogP contribution in [0, 0.1) is 0 Å². The zero-order valence-corrected chi connectivity index (χ0v) is 14.0. The van der Waals surface area contributed by atoms with E-state index in [0.29, 0.717) is 24.5 Å². The number of rotatable bonds is 5. The van der Waals surface area contributed by atoms with Crippen molar-refractivity contribution >= 4 is 17.0 Å². The van der Waals surface area contributed by atoms with E-state index in [0.717, 1.165) is 23.3 Å². The second kappa shape index (κ2) is 6.63. The Kier molecular flexibility index (Phi) is 4.19. The average Bonchev–Trinajstić information content (AvgIpc) is 3.21. The van der Waals surface area contributed by atoms with Gasteiger partial charge in [0.1, 0.15) is 12.4 Å². The van der Waals surface area contributed by atoms with E-state index in [1.165, 1.54) is 32.1 Å². The van der Waals surface area contributed by atoms with Gasteiger partial charge in [0.2, 0.25) is 5.89 Å². The lowest BCUT2D eigenvalue weighted by Gasteiger charge is -2.21. The largest absolute Gasteiger partial charge is 0.406 e. The number of fused-ring (bicyclic) bond motifs is 1. The molecule has 0 amide bonds. The van der Waals surface area contributed by atoms with Gasteiger partial charge in [0.15, 0.2) is 0 Å². The predicted molar refractivity (Wildman–Crippen MR) is 93.0 cm³/mol. The molecule has 6 nitrogen and oxygen atoms in total. The van der Waals surface area contributed by atoms with Gasteiger partial charge in [0.05, 0.1) is 11.0 Å². The maximum atomic E-state index is 5.83. The van der Waals surface area contributed by atoms with Crippen LogP contribution in [0.15, 0.2) is 28.7 Å². The molecule has 0 aliphatic heterocycles. The molecular formula is C18H23N5O. The van der Waals surface area contributed by atoms with Crippen LogP contribution in [0.3, 0.4) is 0 Å². The molecule has 1 fully saturated rings. The van der Waals surface area contributed by atoms with Gasteiger partial charge >= 0.3 is 6.01 Å². The molecule has 1 aliphatic rings. The minimum atomic E-state index is 0.465. The summed E-state index contributed by atoms with van der Waals surface area (Å²) < 4.78 is 7.99. The third-order valence-corrected chi connectivity index (χ3v) is 4.74. The summed E-state index contributed by atoms with van der Waals surface area (Å²) in [6, 6.07) is 9.17. The molecule has 1 N–H and O–H groups in total. The van der Waals surface area contributed by atoms with Crippen LogP contribution in [0.5, 0.6) is 0 Å². The van der Waals surface area contributed by atoms with Gasteiger partial charge in [0, 0.05) is 12.5 Å². The van der Waals surface area contributed by atoms with Gasteiger partial charge in [-0.2, -0.15) is 0 Å². The number of nitrogens with one attached hydrogen (secondary N) is 1. The molecule has 3 aromatic rings. The number of hydrogen-bond donors (Lipinski definition) is 1. The van der Waals surface area contributed by atoms with E-state index in [1.54, 1.807) is 0 Å². The predicted octanol–water partition coefficient (Wildman–Crippen LogP) is 3.77. The lowest BCUT2D eigenvalue weighted by atomic mass is 9.96. The molecule has 126 valence electrons. The van der Waals surface area contributed by atoms with Gasteiger partial charge in [-0.25, -0.2) is 4.98 Å². The second-order valence-electron chi connectivity index (χ2n) is 6.44. The molecule has 1 aromatic carbocycles. The summed E-state index contributed by atoms with van der Waals surface area (Å²) in [5, 5.41) is 11.8. The lowest BCUT2D eigenvalue weighted by Crippen LogP contribution is -2.22. The Labute approximate surface area is 141 Å². The summed E-state index contributed by atoms with van der Waals surface area (Å²) in [4.78, 5) is 4.69. The maximum Gasteiger partial charge on any atom is 0.315 e. The van der Waals surface area contributed by atoms with Crippen molar-refractivity contribution in [2.75, 3.05) is 5.32 Å². The van der Waals surface area contributed by atoms with E-state index in [1.807, 2.05) is 18.2 Å². The number of aromatic nitrogens is 4. The highest BCUT2D eigenvalue weighted by molar-refractivity contribution is 5.75. The first kappa shape index (κ1) is 15.2. The first-order valence-electron chi connectivity index (χ1n) is 8.86. The van der Waals surface area contributed by atoms with Gasteiger partial charge in [-0.05, 0) is 25.0 Å². The zero-order valence-electron chi connectivity index (χ0n) is 14.0. The number of aryl methyl sites for hydroxylation is 1. The maximum absolute atomic E-state index is 5.83. The Balaban J connectivity index is 1.53. The Bertz CT molecular complexity index is 816. The summed E-state index contributed by atoms with van der Waals surface area (Å²) in [5.74, 6) is 1.65. The lowest BCUT2D eigenvalue weighted by molar-refractivity contribution is 0.437. The minimum absolute atomic E-state index is 0.465. The molecule has 0 unspecified atom stereocenters. The normalized spacial score (nSPS) is 15.9. The standard InChI is InChI=1S/C18H23N5O/c1-2-16-20-14-10-6-7-11-15(14)23(16)12-17-21-22-18(24-17)19-13-8-4-3-5-9-13/h6-7,10-11,13H,2-5,8-9,12H2,1H3,(H,19,22). The van der Waals surface area contributed by atoms with Crippen LogP contribution < -0.4 is 5.32 Å². The van der Waals surface area contributed by atoms with Gasteiger partial charge in [-0.1, -0.05) is 43.4 Å². The number of imidazole rings is 1. The Morgan fingerprint density at radius 2 is 2.00 bits per heavy atom. The minimum Gasteiger partial charge on any atom is -0.406 e. The number of nitrogens with zero attached hydrogens (tertiary/aromatic N) is 4. The van der Waals surface area contributed by atoms with E-state index < -0.39 is 0 Å². The summed E-state index contributed by atoms with van der Waals surface area (Å²) in [7, 11) is 0. The molecule has 2 aromatic heterocycles. The van der Waals surface area contributed by atoms with Crippen LogP contribution in [0.25, 0.3) is 11.0 Å². The molecule has 0 radical (unpaired) electrons. The van der Waals surface area contributed by atoms with Crippen molar-refractivity contribution in [3.63, 3.8) is 0 Å². The highest BCUT2D eigenvalue weighted by Gasteiger charge is 2.17. The molecule has 0 saturated heterocycles. The van der Waals surface area contributed by atoms with E-state index in [9.17, 15) is 0 Å². The zero-order chi connectivity index (χ0) is 16.4. The topological polar surface area (TPSA) is 68.8 Å². The number of para-hydroxylation sites is 2. The summed E-state index contributed by atoms with van der Waals surface area (Å²) in [6.07, 6.45) is 7.13. The van der Waals surface area contributed by atoms with Gasteiger partial charge < -0.3 is 14.3 Å². The summed E-state index contributed by atoms with van der Waals surface area (Å²) in [5.41, 5.74) is 2.11. The van der Waals surface area contributed by atoms with Gasteiger partial charge in [-0.3, -0.25) is 0 Å². The Hall–Kier alpha value is -2.37. The van der Waals surface area contributed by atoms with Gasteiger partial charge in [-0.15, -0.1) is 5.10 Å². The molecule has 0 spiro atoms. The van der Waals surface area contributed by atoms with E-state index in [-0.39, 0.29) is 0 Å². The molecule has 2 heterocycles. The second-order valence-corrected chi connectivity index (χ2v) is 6.44. The van der Waals surface area contributed by atoms with Crippen molar-refractivity contribution in [1.29, 1.82) is 0 Å². The molecule has 1 aliphatic carbocycles. The molecule has 0 bridgehead atoms. The monoisotopic (exact) mass is 325 g/mol. The van der Waals surface area contributed by atoms with Crippen LogP contribution in [0.2, 0.25) is 0 Å². The third kappa shape index (κ3) is 3.00. The fourth-order valence-electron chi connectivity index (χ4n) is 3.50. The van der Waals surface area contributed by atoms with Crippen molar-refractivity contribution in [3.8, 4) is 0 Å². The highest BCUT2D eigenvalue weighted by atomic mass is 16.4. The smallest absolute Gasteiger partial charge is 0.315 e. The summed E-state index contributed by atoms with van der Waals surface area (Å²) >= 11 is 0. The molecule has 1 saturated carbocycles. The fourth-order valence-corrected chi connectivity index (χ4v) is 3.50. The first-order chi connectivity index (χ1) is 11.8. The van der Waals surface area contributed by atoms with Crippen molar-refractivity contribution in [2.24, 2.45) is 0 Å². The van der Waals surface area contributed by atoms with Crippen molar-refractivity contribution in [2.45, 2.75) is 58.0 Å². The number of hydrogen-bond acceptors (Lipinski definition) is 5. The molecule has 0 atom stereocenters. The van der Waals surface area contributed by atoms with Crippen molar-refractivity contribution in [3.05, 3.63) is 36.0 Å². The number of anilines is 1. The molecular weight excluding hydrogens is 302 g/mol. The quantitative estimate of drug-likeness (QED) is 0.773. The van der Waals surface area contributed by atoms with Crippen LogP contribution in [-0.2, 0) is 13.0 Å². The molecule has 6 heteroatoms. The SMILES string of the molecule is CCc1nc2ccccc2n1Cc1nnc(NC2CCCCC2)o1. The van der Waals surface area contributed by atoms with Crippen LogP contribution in [-0.4, -0.2) is 25.8 Å². The Morgan fingerprint density at radius 3 is 2.83 bits per heavy atom. The van der Waals surface area contributed by atoms with Crippen LogP contribution in [0.1, 0.15) is 50.7 Å². The van der Waals surface area contributed by atoms with Crippen LogP contribution in [0.4, 0.5) is 6.01 Å².